The number of carbonyl (C=O) groups is 2. The van der Waals surface area contributed by atoms with E-state index in [-0.39, 0.29) is 24.2 Å². The first-order valence-corrected chi connectivity index (χ1v) is 11.2. The molecule has 0 spiro atoms. The molecule has 1 aromatic heterocycles. The number of anilines is 2. The van der Waals surface area contributed by atoms with E-state index < -0.39 is 0 Å². The number of nitrogen functional groups attached to an aromatic ring is 2. The van der Waals surface area contributed by atoms with E-state index in [1.807, 2.05) is 0 Å². The van der Waals surface area contributed by atoms with Gasteiger partial charge in [-0.25, -0.2) is 0 Å². The molecule has 1 aliphatic rings. The zero-order valence-electron chi connectivity index (χ0n) is 19.5. The van der Waals surface area contributed by atoms with E-state index in [4.69, 9.17) is 11.5 Å². The van der Waals surface area contributed by atoms with Gasteiger partial charge in [0.25, 0.3) is 11.8 Å². The lowest BCUT2D eigenvalue weighted by Crippen LogP contribution is -3.00. The van der Waals surface area contributed by atoms with Gasteiger partial charge in [-0.3, -0.25) is 9.59 Å². The van der Waals surface area contributed by atoms with Crippen molar-refractivity contribution in [3.05, 3.63) is 87.7 Å². The van der Waals surface area contributed by atoms with Crippen LogP contribution in [0.3, 0.4) is 0 Å². The molecule has 7 nitrogen and oxygen atoms in total. The number of amides is 2. The largest absolute Gasteiger partial charge is 1.00 e. The average Bonchev–Trinajstić information content (AvgIpc) is 3.29. The summed E-state index contributed by atoms with van der Waals surface area (Å²) in [6.07, 6.45) is 2.05. The van der Waals surface area contributed by atoms with Gasteiger partial charge in [0.2, 0.25) is 0 Å². The van der Waals surface area contributed by atoms with Crippen molar-refractivity contribution < 1.29 is 26.6 Å². The predicted molar refractivity (Wildman–Crippen MR) is 128 cm³/mol. The predicted octanol–water partition coefficient (Wildman–Crippen LogP) is -0.434. The van der Waals surface area contributed by atoms with Gasteiger partial charge < -0.3 is 34.5 Å². The molecule has 2 amide bonds. The second kappa shape index (κ2) is 10.6. The molecule has 2 aromatic carbocycles. The van der Waals surface area contributed by atoms with Crippen LogP contribution in [0, 0.1) is 13.8 Å². The van der Waals surface area contributed by atoms with Crippen LogP contribution in [0.2, 0.25) is 0 Å². The standard InChI is InChI=1S/C26H29N5O2.ClH/c1-16-22(14-29-25(32)18-5-9-20(27)10-6-18)17(2)31-13-3-4-24(31)23(16)15-30-26(33)19-7-11-21(28)12-8-19;/h5-12H,3-4,13-15H2,1-2H3,(H5-,27,28,29,30,32,33);1H. The molecule has 0 radical (unpaired) electrons. The summed E-state index contributed by atoms with van der Waals surface area (Å²) in [6, 6.07) is 13.8. The third kappa shape index (κ3) is 5.15. The second-order valence-electron chi connectivity index (χ2n) is 8.48. The summed E-state index contributed by atoms with van der Waals surface area (Å²) in [5.74, 6) is -0.276. The Morgan fingerprint density at radius 2 is 1.29 bits per heavy atom. The second-order valence-corrected chi connectivity index (χ2v) is 8.48. The fourth-order valence-electron chi connectivity index (χ4n) is 4.50. The van der Waals surface area contributed by atoms with E-state index in [1.54, 1.807) is 48.5 Å². The molecule has 2 heterocycles. The van der Waals surface area contributed by atoms with Crippen LogP contribution in [0.1, 0.15) is 55.2 Å². The molecule has 0 unspecified atom stereocenters. The van der Waals surface area contributed by atoms with Crippen molar-refractivity contribution in [2.45, 2.75) is 46.3 Å². The van der Waals surface area contributed by atoms with Crippen molar-refractivity contribution in [2.75, 3.05) is 11.5 Å². The number of rotatable bonds is 6. The third-order valence-corrected chi connectivity index (χ3v) is 6.41. The highest BCUT2D eigenvalue weighted by Crippen LogP contribution is 2.23. The Balaban J connectivity index is 0.00000324. The maximum absolute atomic E-state index is 12.7. The van der Waals surface area contributed by atoms with Gasteiger partial charge in [0.15, 0.2) is 11.4 Å². The van der Waals surface area contributed by atoms with Crippen molar-refractivity contribution in [1.82, 2.24) is 10.6 Å². The van der Waals surface area contributed by atoms with Crippen LogP contribution in [0.25, 0.3) is 0 Å². The third-order valence-electron chi connectivity index (χ3n) is 6.41. The Kier molecular flexibility index (Phi) is 7.79. The monoisotopic (exact) mass is 479 g/mol. The van der Waals surface area contributed by atoms with Crippen molar-refractivity contribution in [2.24, 2.45) is 0 Å². The van der Waals surface area contributed by atoms with Gasteiger partial charge in [-0.15, -0.1) is 0 Å². The fourth-order valence-corrected chi connectivity index (χ4v) is 4.50. The van der Waals surface area contributed by atoms with Crippen molar-refractivity contribution in [3.8, 4) is 0 Å². The van der Waals surface area contributed by atoms with Crippen LogP contribution < -0.4 is 39.1 Å². The van der Waals surface area contributed by atoms with Crippen LogP contribution in [0.4, 0.5) is 11.4 Å². The van der Waals surface area contributed by atoms with Crippen LogP contribution in [0.5, 0.6) is 0 Å². The lowest BCUT2D eigenvalue weighted by molar-refractivity contribution is -0.697. The van der Waals surface area contributed by atoms with Gasteiger partial charge in [0.05, 0.1) is 0 Å². The molecule has 3 aromatic rings. The lowest BCUT2D eigenvalue weighted by atomic mass is 9.98. The molecule has 0 fully saturated rings. The molecule has 0 saturated heterocycles. The smallest absolute Gasteiger partial charge is 0.251 e. The van der Waals surface area contributed by atoms with Gasteiger partial charge >= 0.3 is 0 Å². The lowest BCUT2D eigenvalue weighted by Gasteiger charge is -2.16. The molecule has 0 aliphatic carbocycles. The first-order chi connectivity index (χ1) is 15.8. The number of pyridine rings is 1. The number of halogens is 1. The molecular weight excluding hydrogens is 450 g/mol. The average molecular weight is 480 g/mol. The summed E-state index contributed by atoms with van der Waals surface area (Å²) < 4.78 is 2.32. The zero-order chi connectivity index (χ0) is 23.5. The summed E-state index contributed by atoms with van der Waals surface area (Å²) in [4.78, 5) is 25.3. The molecule has 8 heteroatoms. The van der Waals surface area contributed by atoms with Crippen LogP contribution in [0.15, 0.2) is 48.5 Å². The molecule has 34 heavy (non-hydrogen) atoms. The van der Waals surface area contributed by atoms with E-state index in [2.05, 4.69) is 29.0 Å². The molecular formula is C26H30ClN5O2. The number of nitrogens with one attached hydrogen (secondary N) is 2. The topological polar surface area (TPSA) is 114 Å². The highest BCUT2D eigenvalue weighted by molar-refractivity contribution is 5.95. The van der Waals surface area contributed by atoms with Crippen molar-refractivity contribution in [1.29, 1.82) is 0 Å². The van der Waals surface area contributed by atoms with E-state index in [0.717, 1.165) is 41.8 Å². The fraction of sp³-hybridized carbons (Fsp3) is 0.269. The van der Waals surface area contributed by atoms with Crippen LogP contribution in [-0.4, -0.2) is 11.8 Å². The molecule has 1 aliphatic heterocycles. The van der Waals surface area contributed by atoms with E-state index in [9.17, 15) is 9.59 Å². The quantitative estimate of drug-likeness (QED) is 0.283. The Hall–Kier alpha value is -3.58. The first-order valence-electron chi connectivity index (χ1n) is 11.2. The summed E-state index contributed by atoms with van der Waals surface area (Å²) in [5.41, 5.74) is 19.6. The number of fused-ring (bicyclic) bond motifs is 1. The molecule has 6 N–H and O–H groups in total. The molecule has 4 rings (SSSR count). The number of benzene rings is 2. The molecule has 178 valence electrons. The van der Waals surface area contributed by atoms with Crippen LogP contribution >= 0.6 is 0 Å². The maximum Gasteiger partial charge on any atom is 0.251 e. The highest BCUT2D eigenvalue weighted by atomic mass is 35.5. The van der Waals surface area contributed by atoms with E-state index in [0.29, 0.717) is 35.6 Å². The normalized spacial score (nSPS) is 11.9. The Morgan fingerprint density at radius 1 is 0.824 bits per heavy atom. The minimum atomic E-state index is -0.141. The first kappa shape index (κ1) is 25.1. The van der Waals surface area contributed by atoms with Crippen LogP contribution in [-0.2, 0) is 26.1 Å². The van der Waals surface area contributed by atoms with Gasteiger partial charge in [-0.1, -0.05) is 0 Å². The van der Waals surface area contributed by atoms with Gasteiger partial charge in [0, 0.05) is 66.5 Å². The zero-order valence-corrected chi connectivity index (χ0v) is 20.2. The van der Waals surface area contributed by atoms with Gasteiger partial charge in [-0.2, -0.15) is 4.57 Å². The number of hydrogen-bond donors (Lipinski definition) is 4. The number of nitrogens with two attached hydrogens (primary N) is 2. The van der Waals surface area contributed by atoms with Crippen molar-refractivity contribution in [3.63, 3.8) is 0 Å². The molecule has 0 bridgehead atoms. The maximum atomic E-state index is 12.7. The molecule has 0 saturated carbocycles. The molecule has 0 atom stereocenters. The Morgan fingerprint density at radius 3 is 1.79 bits per heavy atom. The summed E-state index contributed by atoms with van der Waals surface area (Å²) in [7, 11) is 0. The van der Waals surface area contributed by atoms with Crippen molar-refractivity contribution >= 4 is 23.2 Å². The highest BCUT2D eigenvalue weighted by Gasteiger charge is 2.30. The van der Waals surface area contributed by atoms with E-state index in [1.165, 1.54) is 5.69 Å². The minimum absolute atomic E-state index is 0. The Labute approximate surface area is 206 Å². The van der Waals surface area contributed by atoms with E-state index >= 15 is 0 Å². The van der Waals surface area contributed by atoms with Gasteiger partial charge in [-0.05, 0) is 61.0 Å². The number of nitrogens with zero attached hydrogens (tertiary/aromatic N) is 1. The minimum Gasteiger partial charge on any atom is -1.00 e. The summed E-state index contributed by atoms with van der Waals surface area (Å²) in [6.45, 7) is 5.97. The SMILES string of the molecule is Cc1c(CNC(=O)c2ccc(N)cc2)c(C)[n+]2c(c1CNC(=O)c1ccc(N)cc1)CCC2.[Cl-]. The number of aromatic nitrogens is 1. The summed E-state index contributed by atoms with van der Waals surface area (Å²) in [5, 5.41) is 6.09. The number of hydrogen-bond acceptors (Lipinski definition) is 4. The van der Waals surface area contributed by atoms with Gasteiger partial charge in [0.1, 0.15) is 6.54 Å². The number of carbonyl (C=O) groups excluding carboxylic acids is 2. The Bertz CT molecular complexity index is 1210. The summed E-state index contributed by atoms with van der Waals surface area (Å²) >= 11 is 0.